The Morgan fingerprint density at radius 3 is 2.44 bits per heavy atom. The van der Waals surface area contributed by atoms with E-state index in [0.29, 0.717) is 11.1 Å². The molecule has 1 fully saturated rings. The van der Waals surface area contributed by atoms with Gasteiger partial charge in [0, 0.05) is 18.2 Å². The van der Waals surface area contributed by atoms with E-state index < -0.39 is 55.2 Å². The summed E-state index contributed by atoms with van der Waals surface area (Å²) in [5.74, 6) is -2.48. The lowest BCUT2D eigenvalue weighted by Gasteiger charge is -2.42. The van der Waals surface area contributed by atoms with Gasteiger partial charge in [0.2, 0.25) is 12.2 Å². The number of carbonyl (C=O) groups is 2. The van der Waals surface area contributed by atoms with Crippen molar-refractivity contribution in [3.8, 4) is 16.9 Å². The molecule has 5 unspecified atom stereocenters. The van der Waals surface area contributed by atoms with Gasteiger partial charge in [-0.05, 0) is 23.8 Å². The summed E-state index contributed by atoms with van der Waals surface area (Å²) >= 11 is 0. The Morgan fingerprint density at radius 2 is 1.79 bits per heavy atom. The van der Waals surface area contributed by atoms with Gasteiger partial charge in [-0.15, -0.1) is 0 Å². The average Bonchev–Trinajstić information content (AvgIpc) is 2.78. The number of para-hydroxylation sites is 1. The van der Waals surface area contributed by atoms with Crippen LogP contribution in [-0.2, 0) is 14.3 Å². The second-order valence-corrected chi connectivity index (χ2v) is 7.58. The topological polar surface area (TPSA) is 137 Å². The van der Waals surface area contributed by atoms with Crippen LogP contribution in [0.25, 0.3) is 11.1 Å². The number of anilines is 1. The third kappa shape index (κ3) is 5.83. The van der Waals surface area contributed by atoms with Crippen LogP contribution in [-0.4, -0.2) is 70.6 Å². The van der Waals surface area contributed by atoms with Crippen LogP contribution in [0.5, 0.6) is 5.75 Å². The van der Waals surface area contributed by atoms with Gasteiger partial charge in [-0.2, -0.15) is 13.2 Å². The lowest BCUT2D eigenvalue weighted by Crippen LogP contribution is -2.65. The number of aliphatic hydroxyl groups is 3. The molecule has 184 valence electrons. The summed E-state index contributed by atoms with van der Waals surface area (Å²) in [4.78, 5) is 22.9. The van der Waals surface area contributed by atoms with Crippen molar-refractivity contribution in [2.45, 2.75) is 43.7 Å². The Morgan fingerprint density at radius 1 is 1.09 bits per heavy atom. The largest absolute Gasteiger partial charge is 0.471 e. The number of alkyl halides is 3. The molecule has 5 N–H and O–H groups in total. The van der Waals surface area contributed by atoms with Crippen LogP contribution in [0.15, 0.2) is 48.5 Å². The molecule has 0 bridgehead atoms. The molecule has 12 heteroatoms. The molecule has 34 heavy (non-hydrogen) atoms. The quantitative estimate of drug-likeness (QED) is 0.415. The summed E-state index contributed by atoms with van der Waals surface area (Å²) in [6.45, 7) is 0.566. The molecule has 0 radical (unpaired) electrons. The van der Waals surface area contributed by atoms with Crippen molar-refractivity contribution in [1.29, 1.82) is 0 Å². The molecule has 1 heterocycles. The number of carbonyl (C=O) groups excluding carboxylic acids is 2. The molecule has 3 rings (SSSR count). The van der Waals surface area contributed by atoms with Gasteiger partial charge in [-0.3, -0.25) is 9.59 Å². The summed E-state index contributed by atoms with van der Waals surface area (Å²) in [6, 6.07) is 10.8. The Kier molecular flexibility index (Phi) is 7.77. The first-order valence-corrected chi connectivity index (χ1v) is 10.1. The molecule has 0 saturated carbocycles. The Balaban J connectivity index is 1.91. The predicted octanol–water partition coefficient (Wildman–Crippen LogP) is 1.18. The highest BCUT2D eigenvalue weighted by Crippen LogP contribution is 2.34. The summed E-state index contributed by atoms with van der Waals surface area (Å²) in [7, 11) is 0. The van der Waals surface area contributed by atoms with Crippen molar-refractivity contribution in [3.63, 3.8) is 0 Å². The molecular weight excluding hydrogens is 461 g/mol. The van der Waals surface area contributed by atoms with Crippen molar-refractivity contribution in [2.75, 3.05) is 11.9 Å². The Labute approximate surface area is 192 Å². The fourth-order valence-corrected chi connectivity index (χ4v) is 3.47. The molecular formula is C22H23F3N2O7. The highest BCUT2D eigenvalue weighted by atomic mass is 19.4. The summed E-state index contributed by atoms with van der Waals surface area (Å²) in [5, 5.41) is 34.3. The standard InChI is InChI=1S/C22H23F3N2O7/c1-11(29)26-17-19(31)18(30)16(10-28)34-20(17)33-15-8-3-2-7-14(15)12-5-4-6-13(9-12)27-21(32)22(23,24)25/h2-9,16-20,28,30-31H,10H2,1H3,(H,26,29)(H,27,32). The van der Waals surface area contributed by atoms with E-state index in [1.165, 1.54) is 31.2 Å². The van der Waals surface area contributed by atoms with Crippen molar-refractivity contribution in [3.05, 3.63) is 48.5 Å². The van der Waals surface area contributed by atoms with Gasteiger partial charge in [0.25, 0.3) is 0 Å². The second-order valence-electron chi connectivity index (χ2n) is 7.58. The molecule has 2 amide bonds. The van der Waals surface area contributed by atoms with Crippen LogP contribution in [0.2, 0.25) is 0 Å². The van der Waals surface area contributed by atoms with Gasteiger partial charge in [0.05, 0.1) is 6.61 Å². The van der Waals surface area contributed by atoms with Gasteiger partial charge in [-0.25, -0.2) is 0 Å². The number of benzene rings is 2. The Bertz CT molecular complexity index is 1030. The van der Waals surface area contributed by atoms with E-state index in [4.69, 9.17) is 9.47 Å². The van der Waals surface area contributed by atoms with Gasteiger partial charge >= 0.3 is 12.1 Å². The van der Waals surface area contributed by atoms with Crippen molar-refractivity contribution >= 4 is 17.5 Å². The van der Waals surface area contributed by atoms with Gasteiger partial charge in [0.1, 0.15) is 30.1 Å². The van der Waals surface area contributed by atoms with Gasteiger partial charge < -0.3 is 35.4 Å². The highest BCUT2D eigenvalue weighted by molar-refractivity contribution is 5.95. The number of rotatable bonds is 6. The van der Waals surface area contributed by atoms with Crippen LogP contribution in [0.3, 0.4) is 0 Å². The third-order valence-electron chi connectivity index (χ3n) is 5.07. The first kappa shape index (κ1) is 25.4. The molecule has 0 aliphatic carbocycles. The predicted molar refractivity (Wildman–Crippen MR) is 113 cm³/mol. The lowest BCUT2D eigenvalue weighted by atomic mass is 9.96. The minimum absolute atomic E-state index is 0.0986. The van der Waals surface area contributed by atoms with Crippen LogP contribution >= 0.6 is 0 Å². The van der Waals surface area contributed by atoms with E-state index in [9.17, 15) is 38.1 Å². The number of aliphatic hydroxyl groups excluding tert-OH is 3. The number of hydrogen-bond donors (Lipinski definition) is 5. The molecule has 1 aliphatic heterocycles. The molecule has 0 spiro atoms. The number of halogens is 3. The van der Waals surface area contributed by atoms with E-state index >= 15 is 0 Å². The molecule has 9 nitrogen and oxygen atoms in total. The number of hydrogen-bond acceptors (Lipinski definition) is 7. The average molecular weight is 484 g/mol. The summed E-state index contributed by atoms with van der Waals surface area (Å²) in [5.41, 5.74) is 0.692. The van der Waals surface area contributed by atoms with Crippen LogP contribution in [0, 0.1) is 0 Å². The zero-order valence-electron chi connectivity index (χ0n) is 17.8. The van der Waals surface area contributed by atoms with Crippen LogP contribution in [0.4, 0.5) is 18.9 Å². The third-order valence-corrected chi connectivity index (χ3v) is 5.07. The zero-order chi connectivity index (χ0) is 25.0. The zero-order valence-corrected chi connectivity index (χ0v) is 17.8. The minimum Gasteiger partial charge on any atom is -0.462 e. The number of amides is 2. The maximum atomic E-state index is 12.6. The molecule has 2 aromatic rings. The highest BCUT2D eigenvalue weighted by Gasteiger charge is 2.46. The lowest BCUT2D eigenvalue weighted by molar-refractivity contribution is -0.244. The fourth-order valence-electron chi connectivity index (χ4n) is 3.47. The maximum absolute atomic E-state index is 12.6. The van der Waals surface area contributed by atoms with Gasteiger partial charge in [-0.1, -0.05) is 30.3 Å². The smallest absolute Gasteiger partial charge is 0.462 e. The van der Waals surface area contributed by atoms with Gasteiger partial charge in [0.15, 0.2) is 0 Å². The first-order valence-electron chi connectivity index (χ1n) is 10.1. The molecule has 1 saturated heterocycles. The SMILES string of the molecule is CC(=O)NC1C(Oc2ccccc2-c2cccc(NC(=O)C(F)(F)F)c2)OC(CO)C(O)C1O. The van der Waals surface area contributed by atoms with E-state index in [-0.39, 0.29) is 11.4 Å². The molecule has 0 aromatic heterocycles. The fraction of sp³-hybridized carbons (Fsp3) is 0.364. The summed E-state index contributed by atoms with van der Waals surface area (Å²) < 4.78 is 49.2. The van der Waals surface area contributed by atoms with Crippen LogP contribution < -0.4 is 15.4 Å². The number of ether oxygens (including phenoxy) is 2. The van der Waals surface area contributed by atoms with Crippen molar-refractivity contribution in [2.24, 2.45) is 0 Å². The van der Waals surface area contributed by atoms with E-state index in [2.05, 4.69) is 5.32 Å². The summed E-state index contributed by atoms with van der Waals surface area (Å²) in [6.07, 6.45) is -10.6. The first-order chi connectivity index (χ1) is 16.0. The monoisotopic (exact) mass is 484 g/mol. The normalized spacial score (nSPS) is 24.9. The second kappa shape index (κ2) is 10.4. The molecule has 2 aromatic carbocycles. The van der Waals surface area contributed by atoms with Crippen molar-refractivity contribution < 1.29 is 47.6 Å². The Hall–Kier alpha value is -3.19. The molecule has 1 aliphatic rings. The van der Waals surface area contributed by atoms with E-state index in [1.54, 1.807) is 29.6 Å². The van der Waals surface area contributed by atoms with E-state index in [0.717, 1.165) is 0 Å². The van der Waals surface area contributed by atoms with E-state index in [1.807, 2.05) is 0 Å². The minimum atomic E-state index is -5.05. The van der Waals surface area contributed by atoms with Crippen LogP contribution in [0.1, 0.15) is 6.92 Å². The maximum Gasteiger partial charge on any atom is 0.471 e. The molecule has 5 atom stereocenters. The number of nitrogens with one attached hydrogen (secondary N) is 2. The van der Waals surface area contributed by atoms with Crippen molar-refractivity contribution in [1.82, 2.24) is 5.32 Å².